The van der Waals surface area contributed by atoms with Crippen LogP contribution in [-0.2, 0) is 0 Å². The normalized spacial score (nSPS) is 31.5. The molecule has 1 nitrogen and oxygen atoms in total. The van der Waals surface area contributed by atoms with Crippen molar-refractivity contribution >= 4 is 0 Å². The molecule has 2 atom stereocenters. The molecule has 1 heteroatoms. The summed E-state index contributed by atoms with van der Waals surface area (Å²) in [5.74, 6) is 0.782. The molecule has 82 valence electrons. The average molecular weight is 204 g/mol. The molecule has 0 amide bonds. The Morgan fingerprint density at radius 1 is 1.27 bits per heavy atom. The second kappa shape index (κ2) is 4.36. The molecule has 2 unspecified atom stereocenters. The monoisotopic (exact) mass is 204 g/mol. The number of rotatable bonds is 2. The standard InChI is InChI=1S/C14H22N/c1-3-15(2)11-7-10-14(12-15)13-8-5-4-6-9-13/h4-6,8-9,14H,3,7,10-12H2,1-2H3/q+1. The molecule has 0 radical (unpaired) electrons. The van der Waals surface area contributed by atoms with Gasteiger partial charge in [0.05, 0.1) is 26.7 Å². The zero-order valence-electron chi connectivity index (χ0n) is 9.95. The van der Waals surface area contributed by atoms with Gasteiger partial charge in [-0.15, -0.1) is 0 Å². The summed E-state index contributed by atoms with van der Waals surface area (Å²) in [6, 6.07) is 11.0. The Balaban J connectivity index is 2.11. The van der Waals surface area contributed by atoms with Crippen LogP contribution in [0, 0.1) is 0 Å². The average Bonchev–Trinajstić information content (AvgIpc) is 2.30. The first-order valence-electron chi connectivity index (χ1n) is 6.12. The fraction of sp³-hybridized carbons (Fsp3) is 0.571. The predicted molar refractivity (Wildman–Crippen MR) is 64.9 cm³/mol. The third kappa shape index (κ3) is 2.40. The predicted octanol–water partition coefficient (Wildman–Crippen LogP) is 3.03. The highest BCUT2D eigenvalue weighted by atomic mass is 15.3. The molecule has 0 spiro atoms. The molecule has 1 aliphatic heterocycles. The van der Waals surface area contributed by atoms with Crippen LogP contribution in [0.5, 0.6) is 0 Å². The molecule has 1 fully saturated rings. The molecule has 2 rings (SSSR count). The van der Waals surface area contributed by atoms with Gasteiger partial charge in [0.25, 0.3) is 0 Å². The van der Waals surface area contributed by atoms with Crippen LogP contribution in [0.1, 0.15) is 31.2 Å². The minimum absolute atomic E-state index is 0.782. The van der Waals surface area contributed by atoms with Crippen molar-refractivity contribution in [3.05, 3.63) is 35.9 Å². The van der Waals surface area contributed by atoms with E-state index in [1.165, 1.54) is 42.5 Å². The van der Waals surface area contributed by atoms with Crippen molar-refractivity contribution in [1.29, 1.82) is 0 Å². The molecule has 1 aliphatic rings. The lowest BCUT2D eigenvalue weighted by Crippen LogP contribution is -2.50. The zero-order chi connectivity index (χ0) is 10.7. The van der Waals surface area contributed by atoms with E-state index in [0.717, 1.165) is 5.92 Å². The number of quaternary nitrogens is 1. The molecule has 0 aliphatic carbocycles. The lowest BCUT2D eigenvalue weighted by Gasteiger charge is -2.40. The van der Waals surface area contributed by atoms with E-state index >= 15 is 0 Å². The number of piperidine rings is 1. The van der Waals surface area contributed by atoms with Crippen molar-refractivity contribution in [3.8, 4) is 0 Å². The van der Waals surface area contributed by atoms with E-state index in [1.54, 1.807) is 0 Å². The van der Waals surface area contributed by atoms with E-state index in [-0.39, 0.29) is 0 Å². The molecule has 1 heterocycles. The topological polar surface area (TPSA) is 0 Å². The van der Waals surface area contributed by atoms with Gasteiger partial charge >= 0.3 is 0 Å². The first-order chi connectivity index (χ1) is 7.23. The van der Waals surface area contributed by atoms with Crippen LogP contribution < -0.4 is 0 Å². The Morgan fingerprint density at radius 3 is 2.67 bits per heavy atom. The van der Waals surface area contributed by atoms with Gasteiger partial charge in [-0.2, -0.15) is 0 Å². The highest BCUT2D eigenvalue weighted by Crippen LogP contribution is 2.29. The van der Waals surface area contributed by atoms with Crippen molar-refractivity contribution < 1.29 is 4.48 Å². The molecule has 0 saturated carbocycles. The molecule has 1 saturated heterocycles. The van der Waals surface area contributed by atoms with Crippen LogP contribution in [0.4, 0.5) is 0 Å². The summed E-state index contributed by atoms with van der Waals surface area (Å²) >= 11 is 0. The number of nitrogens with zero attached hydrogens (tertiary/aromatic N) is 1. The van der Waals surface area contributed by atoms with Gasteiger partial charge in [0.2, 0.25) is 0 Å². The molecular formula is C14H22N+. The van der Waals surface area contributed by atoms with Crippen LogP contribution in [0.15, 0.2) is 30.3 Å². The van der Waals surface area contributed by atoms with Crippen molar-refractivity contribution in [2.75, 3.05) is 26.7 Å². The Kier molecular flexibility index (Phi) is 3.11. The largest absolute Gasteiger partial charge is 0.326 e. The Bertz CT molecular complexity index is 306. The summed E-state index contributed by atoms with van der Waals surface area (Å²) in [6.07, 6.45) is 2.75. The zero-order valence-corrected chi connectivity index (χ0v) is 9.95. The van der Waals surface area contributed by atoms with Crippen molar-refractivity contribution in [1.82, 2.24) is 0 Å². The van der Waals surface area contributed by atoms with Crippen LogP contribution >= 0.6 is 0 Å². The second-order valence-electron chi connectivity index (χ2n) is 5.09. The maximum atomic E-state index is 2.40. The van der Waals surface area contributed by atoms with Gasteiger partial charge < -0.3 is 4.48 Å². The van der Waals surface area contributed by atoms with Crippen molar-refractivity contribution in [2.24, 2.45) is 0 Å². The van der Waals surface area contributed by atoms with E-state index in [2.05, 4.69) is 44.3 Å². The SMILES string of the molecule is CC[N+]1(C)CCCC(c2ccccc2)C1. The third-order valence-corrected chi connectivity index (χ3v) is 3.95. The number of hydrogen-bond donors (Lipinski definition) is 0. The van der Waals surface area contributed by atoms with Crippen LogP contribution in [0.3, 0.4) is 0 Å². The summed E-state index contributed by atoms with van der Waals surface area (Å²) in [5, 5.41) is 0. The van der Waals surface area contributed by atoms with Crippen LogP contribution in [-0.4, -0.2) is 31.2 Å². The van der Waals surface area contributed by atoms with Gasteiger partial charge in [0.15, 0.2) is 0 Å². The van der Waals surface area contributed by atoms with Gasteiger partial charge in [-0.1, -0.05) is 30.3 Å². The van der Waals surface area contributed by atoms with Gasteiger partial charge in [-0.25, -0.2) is 0 Å². The summed E-state index contributed by atoms with van der Waals surface area (Å²) < 4.78 is 1.25. The van der Waals surface area contributed by atoms with E-state index in [9.17, 15) is 0 Å². The molecule has 15 heavy (non-hydrogen) atoms. The lowest BCUT2D eigenvalue weighted by molar-refractivity contribution is -0.913. The Labute approximate surface area is 93.3 Å². The minimum Gasteiger partial charge on any atom is -0.326 e. The van der Waals surface area contributed by atoms with E-state index in [0.29, 0.717) is 0 Å². The van der Waals surface area contributed by atoms with Gasteiger partial charge in [-0.05, 0) is 25.3 Å². The van der Waals surface area contributed by atoms with E-state index < -0.39 is 0 Å². The highest BCUT2D eigenvalue weighted by Gasteiger charge is 2.30. The number of likely N-dealkylation sites (N-methyl/N-ethyl adjacent to an activating group) is 1. The molecule has 1 aromatic rings. The van der Waals surface area contributed by atoms with Crippen LogP contribution in [0.2, 0.25) is 0 Å². The second-order valence-corrected chi connectivity index (χ2v) is 5.09. The van der Waals surface area contributed by atoms with Gasteiger partial charge in [0.1, 0.15) is 0 Å². The fourth-order valence-corrected chi connectivity index (χ4v) is 2.72. The Morgan fingerprint density at radius 2 is 2.00 bits per heavy atom. The summed E-state index contributed by atoms with van der Waals surface area (Å²) in [4.78, 5) is 0. The fourth-order valence-electron chi connectivity index (χ4n) is 2.72. The molecule has 1 aromatic carbocycles. The molecule has 0 N–H and O–H groups in total. The maximum absolute atomic E-state index is 2.40. The number of likely N-dealkylation sites (tertiary alicyclic amines) is 1. The first-order valence-corrected chi connectivity index (χ1v) is 6.12. The van der Waals surface area contributed by atoms with E-state index in [1.807, 2.05) is 0 Å². The number of hydrogen-bond acceptors (Lipinski definition) is 0. The van der Waals surface area contributed by atoms with E-state index in [4.69, 9.17) is 0 Å². The summed E-state index contributed by atoms with van der Waals surface area (Å²) in [5.41, 5.74) is 1.54. The molecule has 0 bridgehead atoms. The molecule has 0 aromatic heterocycles. The molecular weight excluding hydrogens is 182 g/mol. The van der Waals surface area contributed by atoms with Gasteiger partial charge in [0, 0.05) is 5.92 Å². The first kappa shape index (κ1) is 10.7. The maximum Gasteiger partial charge on any atom is 0.0854 e. The third-order valence-electron chi connectivity index (χ3n) is 3.95. The lowest BCUT2D eigenvalue weighted by atomic mass is 9.89. The van der Waals surface area contributed by atoms with Gasteiger partial charge in [-0.3, -0.25) is 0 Å². The Hall–Kier alpha value is -0.820. The van der Waals surface area contributed by atoms with Crippen LogP contribution in [0.25, 0.3) is 0 Å². The van der Waals surface area contributed by atoms with Crippen molar-refractivity contribution in [2.45, 2.75) is 25.7 Å². The van der Waals surface area contributed by atoms with Crippen molar-refractivity contribution in [3.63, 3.8) is 0 Å². The smallest absolute Gasteiger partial charge is 0.0854 e. The highest BCUT2D eigenvalue weighted by molar-refractivity contribution is 5.19. The number of benzene rings is 1. The minimum atomic E-state index is 0.782. The quantitative estimate of drug-likeness (QED) is 0.650. The summed E-state index contributed by atoms with van der Waals surface area (Å²) in [7, 11) is 2.40. The summed E-state index contributed by atoms with van der Waals surface area (Å²) in [6.45, 7) is 6.26.